The zero-order valence-corrected chi connectivity index (χ0v) is 17.2. The number of fused-ring (bicyclic) bond motifs is 2. The molecule has 4 rings (SSSR count). The van der Waals surface area contributed by atoms with E-state index >= 15 is 0 Å². The highest BCUT2D eigenvalue weighted by molar-refractivity contribution is 7.11. The molecule has 1 aromatic carbocycles. The highest BCUT2D eigenvalue weighted by atomic mass is 32.1. The van der Waals surface area contributed by atoms with Crippen LogP contribution >= 0.6 is 11.3 Å². The van der Waals surface area contributed by atoms with Crippen LogP contribution in [-0.4, -0.2) is 11.8 Å². The van der Waals surface area contributed by atoms with Gasteiger partial charge < -0.3 is 4.74 Å². The summed E-state index contributed by atoms with van der Waals surface area (Å²) in [5.74, 6) is -1.27. The molecule has 3 nitrogen and oxygen atoms in total. The predicted molar refractivity (Wildman–Crippen MR) is 109 cm³/mol. The van der Waals surface area contributed by atoms with Crippen LogP contribution in [0.5, 0.6) is 0 Å². The first-order valence-electron chi connectivity index (χ1n) is 9.65. The van der Waals surface area contributed by atoms with Crippen molar-refractivity contribution in [3.63, 3.8) is 0 Å². The lowest BCUT2D eigenvalue weighted by molar-refractivity contribution is -0.149. The minimum atomic E-state index is -4.60. The van der Waals surface area contributed by atoms with Crippen molar-refractivity contribution in [3.8, 4) is 0 Å². The van der Waals surface area contributed by atoms with Gasteiger partial charge in [0.1, 0.15) is 5.76 Å². The number of allylic oxidation sites excluding steroid dienone is 3. The Bertz CT molecular complexity index is 1090. The summed E-state index contributed by atoms with van der Waals surface area (Å²) in [6.45, 7) is 3.49. The first-order chi connectivity index (χ1) is 14.2. The van der Waals surface area contributed by atoms with E-state index in [1.54, 1.807) is 12.1 Å². The average Bonchev–Trinajstić information content (AvgIpc) is 3.28. The summed E-state index contributed by atoms with van der Waals surface area (Å²) in [4.78, 5) is 27.4. The third kappa shape index (κ3) is 2.95. The van der Waals surface area contributed by atoms with Gasteiger partial charge in [-0.3, -0.25) is 4.79 Å². The molecule has 1 atom stereocenters. The monoisotopic (exact) mass is 432 g/mol. The van der Waals surface area contributed by atoms with Gasteiger partial charge in [0.2, 0.25) is 0 Å². The number of esters is 1. The van der Waals surface area contributed by atoms with Gasteiger partial charge in [0.05, 0.1) is 5.56 Å². The molecular weight excluding hydrogens is 413 g/mol. The van der Waals surface area contributed by atoms with Gasteiger partial charge in [0, 0.05) is 16.5 Å². The Morgan fingerprint density at radius 1 is 1.17 bits per heavy atom. The lowest BCUT2D eigenvalue weighted by atomic mass is 9.71. The van der Waals surface area contributed by atoms with Crippen LogP contribution in [0.4, 0.5) is 13.2 Å². The molecule has 1 aromatic heterocycles. The average molecular weight is 432 g/mol. The van der Waals surface area contributed by atoms with E-state index in [0.29, 0.717) is 22.4 Å². The molecule has 7 heteroatoms. The number of cyclic esters (lactones) is 1. The van der Waals surface area contributed by atoms with Crippen molar-refractivity contribution in [2.75, 3.05) is 0 Å². The second-order valence-corrected chi connectivity index (χ2v) is 8.40. The molecule has 0 saturated heterocycles. The first kappa shape index (κ1) is 20.6. The van der Waals surface area contributed by atoms with Crippen molar-refractivity contribution in [2.45, 2.75) is 44.7 Å². The maximum absolute atomic E-state index is 13.5. The molecule has 0 radical (unpaired) electrons. The van der Waals surface area contributed by atoms with Crippen LogP contribution in [-0.2, 0) is 25.9 Å². The number of rotatable bonds is 4. The Morgan fingerprint density at radius 3 is 2.53 bits per heavy atom. The molecule has 2 aliphatic rings. The number of ketones is 1. The fraction of sp³-hybridized carbons (Fsp3) is 0.304. The van der Waals surface area contributed by atoms with Crippen molar-refractivity contribution < 1.29 is 27.5 Å². The predicted octanol–water partition coefficient (Wildman–Crippen LogP) is 6.15. The number of alkyl halides is 3. The van der Waals surface area contributed by atoms with E-state index in [9.17, 15) is 22.8 Å². The maximum atomic E-state index is 13.5. The van der Waals surface area contributed by atoms with Crippen LogP contribution in [0.25, 0.3) is 11.1 Å². The summed E-state index contributed by atoms with van der Waals surface area (Å²) in [7, 11) is 0. The fourth-order valence-electron chi connectivity index (χ4n) is 4.27. The van der Waals surface area contributed by atoms with Crippen LogP contribution in [0.1, 0.15) is 54.7 Å². The molecule has 0 bridgehead atoms. The van der Waals surface area contributed by atoms with Crippen molar-refractivity contribution in [2.24, 2.45) is 0 Å². The van der Waals surface area contributed by atoms with Gasteiger partial charge in [-0.05, 0) is 60.0 Å². The van der Waals surface area contributed by atoms with E-state index < -0.39 is 28.9 Å². The SMILES string of the molecule is CCCCC1=C(c2cccs2)C2(C(=O)C=C(C)OC2=O)c2cc(C(F)(F)F)ccc21. The number of carbonyl (C=O) groups is 2. The van der Waals surface area contributed by atoms with Gasteiger partial charge in [-0.1, -0.05) is 25.5 Å². The molecule has 2 heterocycles. The van der Waals surface area contributed by atoms with Crippen molar-refractivity contribution in [3.05, 3.63) is 69.1 Å². The standard InChI is InChI=1S/C23H19F3O3S/c1-3-4-6-16-15-9-8-14(23(24,25)26)12-17(15)22(20(16)18-7-5-10-30-18)19(27)11-13(2)29-21(22)28/h5,7-12H,3-4,6H2,1-2H3. The van der Waals surface area contributed by atoms with Gasteiger partial charge in [-0.15, -0.1) is 11.3 Å². The first-order valence-corrected chi connectivity index (χ1v) is 10.5. The molecule has 1 unspecified atom stereocenters. The topological polar surface area (TPSA) is 43.4 Å². The largest absolute Gasteiger partial charge is 0.430 e. The van der Waals surface area contributed by atoms with Gasteiger partial charge in [-0.25, -0.2) is 4.79 Å². The molecule has 0 N–H and O–H groups in total. The van der Waals surface area contributed by atoms with Crippen molar-refractivity contribution in [1.82, 2.24) is 0 Å². The van der Waals surface area contributed by atoms with Gasteiger partial charge in [0.15, 0.2) is 11.2 Å². The van der Waals surface area contributed by atoms with E-state index in [1.165, 1.54) is 30.4 Å². The third-order valence-electron chi connectivity index (χ3n) is 5.56. The molecule has 2 aromatic rings. The summed E-state index contributed by atoms with van der Waals surface area (Å²) >= 11 is 1.35. The van der Waals surface area contributed by atoms with Crippen LogP contribution in [0.15, 0.2) is 47.5 Å². The highest BCUT2D eigenvalue weighted by Crippen LogP contribution is 2.56. The lowest BCUT2D eigenvalue weighted by Crippen LogP contribution is -2.46. The summed E-state index contributed by atoms with van der Waals surface area (Å²) in [5.41, 5.74) is -1.04. The van der Waals surface area contributed by atoms with Crippen molar-refractivity contribution >= 4 is 34.2 Å². The van der Waals surface area contributed by atoms with E-state index in [4.69, 9.17) is 4.74 Å². The van der Waals surface area contributed by atoms with Crippen LogP contribution in [0, 0.1) is 0 Å². The van der Waals surface area contributed by atoms with E-state index in [1.807, 2.05) is 12.3 Å². The molecule has 0 amide bonds. The number of benzene rings is 1. The number of ether oxygens (including phenoxy) is 1. The molecule has 0 fully saturated rings. The number of hydrogen-bond acceptors (Lipinski definition) is 4. The number of thiophene rings is 1. The van der Waals surface area contributed by atoms with Crippen molar-refractivity contribution in [1.29, 1.82) is 0 Å². The van der Waals surface area contributed by atoms with Gasteiger partial charge in [-0.2, -0.15) is 13.2 Å². The maximum Gasteiger partial charge on any atom is 0.416 e. The molecular formula is C23H19F3O3S. The van der Waals surface area contributed by atoms with E-state index in [0.717, 1.165) is 30.5 Å². The Hall–Kier alpha value is -2.67. The third-order valence-corrected chi connectivity index (χ3v) is 6.45. The minimum Gasteiger partial charge on any atom is -0.430 e. The normalized spacial score (nSPS) is 21.2. The molecule has 0 saturated carbocycles. The molecule has 1 spiro atoms. The van der Waals surface area contributed by atoms with Gasteiger partial charge >= 0.3 is 12.1 Å². The number of unbranched alkanes of at least 4 members (excludes halogenated alkanes) is 1. The smallest absolute Gasteiger partial charge is 0.416 e. The van der Waals surface area contributed by atoms with Gasteiger partial charge in [0.25, 0.3) is 0 Å². The molecule has 1 aliphatic heterocycles. The quantitative estimate of drug-likeness (QED) is 0.430. The number of halogens is 3. The van der Waals surface area contributed by atoms with E-state index in [2.05, 4.69) is 0 Å². The summed E-state index contributed by atoms with van der Waals surface area (Å²) in [5, 5.41) is 1.82. The van der Waals surface area contributed by atoms with Crippen LogP contribution in [0.3, 0.4) is 0 Å². The lowest BCUT2D eigenvalue weighted by Gasteiger charge is -2.32. The van der Waals surface area contributed by atoms with E-state index in [-0.39, 0.29) is 11.3 Å². The Labute approximate surface area is 175 Å². The highest BCUT2D eigenvalue weighted by Gasteiger charge is 2.59. The summed E-state index contributed by atoms with van der Waals surface area (Å²) < 4.78 is 45.9. The fourth-order valence-corrected chi connectivity index (χ4v) is 5.13. The number of hydrogen-bond donors (Lipinski definition) is 0. The molecule has 1 aliphatic carbocycles. The summed E-state index contributed by atoms with van der Waals surface area (Å²) in [6.07, 6.45) is -1.20. The number of carbonyl (C=O) groups excluding carboxylic acids is 2. The Morgan fingerprint density at radius 2 is 1.93 bits per heavy atom. The second-order valence-electron chi connectivity index (χ2n) is 7.45. The zero-order chi connectivity index (χ0) is 21.7. The second kappa shape index (κ2) is 7.23. The minimum absolute atomic E-state index is 0.0607. The van der Waals surface area contributed by atoms with Crippen LogP contribution in [0.2, 0.25) is 0 Å². The Balaban J connectivity index is 2.09. The Kier molecular flexibility index (Phi) is 4.97. The molecule has 156 valence electrons. The summed E-state index contributed by atoms with van der Waals surface area (Å²) in [6, 6.07) is 6.92. The zero-order valence-electron chi connectivity index (χ0n) is 16.4. The van der Waals surface area contributed by atoms with Crippen LogP contribution < -0.4 is 0 Å². The molecule has 30 heavy (non-hydrogen) atoms.